The van der Waals surface area contributed by atoms with Crippen molar-refractivity contribution >= 4 is 11.6 Å². The van der Waals surface area contributed by atoms with Crippen molar-refractivity contribution in [1.82, 2.24) is 5.32 Å². The third kappa shape index (κ3) is 4.99. The fourth-order valence-electron chi connectivity index (χ4n) is 3.08. The van der Waals surface area contributed by atoms with Crippen LogP contribution < -0.4 is 15.0 Å². The number of benzene rings is 2. The van der Waals surface area contributed by atoms with Gasteiger partial charge < -0.3 is 15.0 Å². The van der Waals surface area contributed by atoms with Crippen LogP contribution >= 0.6 is 0 Å². The molecule has 0 saturated carbocycles. The summed E-state index contributed by atoms with van der Waals surface area (Å²) in [6.07, 6.45) is 1.10. The molecule has 1 N–H and O–H groups in total. The second-order valence-corrected chi connectivity index (χ2v) is 6.84. The standard InChI is InChI=1S/C21H26N2O2/c1-16-3-7-19(8-4-16)23-12-11-18(14-23)13-22-21(24)15-25-20-9-5-17(2)6-10-20/h3-10,18H,11-15H2,1-2H3,(H,22,24). The molecule has 0 spiro atoms. The summed E-state index contributed by atoms with van der Waals surface area (Å²) in [5, 5.41) is 3.00. The summed E-state index contributed by atoms with van der Waals surface area (Å²) in [7, 11) is 0. The number of nitrogens with one attached hydrogen (secondary N) is 1. The maximum Gasteiger partial charge on any atom is 0.257 e. The molecule has 25 heavy (non-hydrogen) atoms. The van der Waals surface area contributed by atoms with Gasteiger partial charge in [0.2, 0.25) is 0 Å². The van der Waals surface area contributed by atoms with Crippen LogP contribution in [-0.4, -0.2) is 32.1 Å². The molecule has 1 aliphatic heterocycles. The number of hydrogen-bond donors (Lipinski definition) is 1. The van der Waals surface area contributed by atoms with Crippen LogP contribution in [0.2, 0.25) is 0 Å². The van der Waals surface area contributed by atoms with Gasteiger partial charge in [0.15, 0.2) is 6.61 Å². The molecule has 3 rings (SSSR count). The highest BCUT2D eigenvalue weighted by Gasteiger charge is 2.23. The van der Waals surface area contributed by atoms with Gasteiger partial charge >= 0.3 is 0 Å². The van der Waals surface area contributed by atoms with E-state index in [9.17, 15) is 4.79 Å². The van der Waals surface area contributed by atoms with E-state index in [0.717, 1.165) is 25.3 Å². The molecular weight excluding hydrogens is 312 g/mol. The second-order valence-electron chi connectivity index (χ2n) is 6.84. The van der Waals surface area contributed by atoms with E-state index in [1.54, 1.807) is 0 Å². The van der Waals surface area contributed by atoms with E-state index in [1.165, 1.54) is 16.8 Å². The summed E-state index contributed by atoms with van der Waals surface area (Å²) in [6, 6.07) is 16.4. The number of carbonyl (C=O) groups excluding carboxylic acids is 1. The van der Waals surface area contributed by atoms with Gasteiger partial charge in [-0.3, -0.25) is 4.79 Å². The first kappa shape index (κ1) is 17.3. The Hall–Kier alpha value is -2.49. The van der Waals surface area contributed by atoms with Gasteiger partial charge in [-0.2, -0.15) is 0 Å². The number of aryl methyl sites for hydroxylation is 2. The first-order valence-corrected chi connectivity index (χ1v) is 8.88. The van der Waals surface area contributed by atoms with E-state index in [4.69, 9.17) is 4.74 Å². The lowest BCUT2D eigenvalue weighted by atomic mass is 10.1. The predicted molar refractivity (Wildman–Crippen MR) is 101 cm³/mol. The number of ether oxygens (including phenoxy) is 1. The van der Waals surface area contributed by atoms with Crippen molar-refractivity contribution in [1.29, 1.82) is 0 Å². The first-order chi connectivity index (χ1) is 12.1. The highest BCUT2D eigenvalue weighted by atomic mass is 16.5. The number of anilines is 1. The fourth-order valence-corrected chi connectivity index (χ4v) is 3.08. The van der Waals surface area contributed by atoms with Crippen molar-refractivity contribution in [3.8, 4) is 5.75 Å². The summed E-state index contributed by atoms with van der Waals surface area (Å²) in [5.74, 6) is 1.16. The Bertz CT molecular complexity index is 695. The quantitative estimate of drug-likeness (QED) is 0.878. The lowest BCUT2D eigenvalue weighted by Crippen LogP contribution is -2.34. The van der Waals surface area contributed by atoms with Gasteiger partial charge in [-0.25, -0.2) is 0 Å². The third-order valence-electron chi connectivity index (χ3n) is 4.66. The summed E-state index contributed by atoms with van der Waals surface area (Å²) < 4.78 is 5.52. The Labute approximate surface area is 149 Å². The first-order valence-electron chi connectivity index (χ1n) is 8.88. The maximum absolute atomic E-state index is 12.0. The van der Waals surface area contributed by atoms with Crippen LogP contribution in [0.25, 0.3) is 0 Å². The number of hydrogen-bond acceptors (Lipinski definition) is 3. The lowest BCUT2D eigenvalue weighted by Gasteiger charge is -2.19. The minimum atomic E-state index is -0.0608. The third-order valence-corrected chi connectivity index (χ3v) is 4.66. The normalized spacial score (nSPS) is 16.7. The monoisotopic (exact) mass is 338 g/mol. The molecule has 1 atom stereocenters. The van der Waals surface area contributed by atoms with Gasteiger partial charge in [0.1, 0.15) is 5.75 Å². The summed E-state index contributed by atoms with van der Waals surface area (Å²) in [6.45, 7) is 6.93. The number of amides is 1. The van der Waals surface area contributed by atoms with Gasteiger partial charge in [0, 0.05) is 25.3 Å². The molecule has 1 fully saturated rings. The van der Waals surface area contributed by atoms with Crippen LogP contribution in [0.3, 0.4) is 0 Å². The summed E-state index contributed by atoms with van der Waals surface area (Å²) in [4.78, 5) is 14.4. The van der Waals surface area contributed by atoms with Gasteiger partial charge in [-0.15, -0.1) is 0 Å². The molecule has 1 aliphatic rings. The van der Waals surface area contributed by atoms with Crippen molar-refractivity contribution in [2.75, 3.05) is 31.1 Å². The van der Waals surface area contributed by atoms with Crippen LogP contribution in [0.15, 0.2) is 48.5 Å². The van der Waals surface area contributed by atoms with E-state index >= 15 is 0 Å². The summed E-state index contributed by atoms with van der Waals surface area (Å²) >= 11 is 0. The molecule has 1 amide bonds. The van der Waals surface area contributed by atoms with Gasteiger partial charge in [0.25, 0.3) is 5.91 Å². The molecule has 0 bridgehead atoms. The molecule has 1 saturated heterocycles. The summed E-state index contributed by atoms with van der Waals surface area (Å²) in [5.41, 5.74) is 3.72. The van der Waals surface area contributed by atoms with Crippen molar-refractivity contribution < 1.29 is 9.53 Å². The van der Waals surface area contributed by atoms with Crippen molar-refractivity contribution in [2.45, 2.75) is 20.3 Å². The average molecular weight is 338 g/mol. The minimum Gasteiger partial charge on any atom is -0.484 e. The molecule has 0 aliphatic carbocycles. The van der Waals surface area contributed by atoms with Gasteiger partial charge in [-0.1, -0.05) is 35.4 Å². The highest BCUT2D eigenvalue weighted by molar-refractivity contribution is 5.77. The zero-order valence-corrected chi connectivity index (χ0v) is 15.0. The second kappa shape index (κ2) is 8.06. The fraction of sp³-hybridized carbons (Fsp3) is 0.381. The molecule has 2 aromatic carbocycles. The largest absolute Gasteiger partial charge is 0.484 e. The van der Waals surface area contributed by atoms with E-state index < -0.39 is 0 Å². The molecule has 1 heterocycles. The average Bonchev–Trinajstić information content (AvgIpc) is 3.09. The lowest BCUT2D eigenvalue weighted by molar-refractivity contribution is -0.123. The van der Waals surface area contributed by atoms with E-state index in [-0.39, 0.29) is 12.5 Å². The Morgan fingerprint density at radius 2 is 1.72 bits per heavy atom. The zero-order chi connectivity index (χ0) is 17.6. The molecule has 4 nitrogen and oxygen atoms in total. The molecule has 4 heteroatoms. The zero-order valence-electron chi connectivity index (χ0n) is 15.0. The van der Waals surface area contributed by atoms with Crippen LogP contribution in [0, 0.1) is 19.8 Å². The maximum atomic E-state index is 12.0. The van der Waals surface area contributed by atoms with E-state index in [0.29, 0.717) is 12.5 Å². The molecular formula is C21H26N2O2. The molecule has 1 unspecified atom stereocenters. The topological polar surface area (TPSA) is 41.6 Å². The Balaban J connectivity index is 1.39. The minimum absolute atomic E-state index is 0.0608. The van der Waals surface area contributed by atoms with Crippen molar-refractivity contribution in [3.05, 3.63) is 59.7 Å². The molecule has 2 aromatic rings. The van der Waals surface area contributed by atoms with Crippen molar-refractivity contribution in [2.24, 2.45) is 5.92 Å². The van der Waals surface area contributed by atoms with Crippen LogP contribution in [0.4, 0.5) is 5.69 Å². The number of rotatable bonds is 6. The Morgan fingerprint density at radius 1 is 1.08 bits per heavy atom. The highest BCUT2D eigenvalue weighted by Crippen LogP contribution is 2.23. The van der Waals surface area contributed by atoms with E-state index in [1.807, 2.05) is 31.2 Å². The Morgan fingerprint density at radius 3 is 2.40 bits per heavy atom. The van der Waals surface area contributed by atoms with Gasteiger partial charge in [0.05, 0.1) is 0 Å². The molecule has 0 aromatic heterocycles. The number of nitrogens with zero attached hydrogens (tertiary/aromatic N) is 1. The van der Waals surface area contributed by atoms with Crippen molar-refractivity contribution in [3.63, 3.8) is 0 Å². The SMILES string of the molecule is Cc1ccc(OCC(=O)NCC2CCN(c3ccc(C)cc3)C2)cc1. The van der Waals surface area contributed by atoms with Crippen LogP contribution in [0.5, 0.6) is 5.75 Å². The molecule has 0 radical (unpaired) electrons. The Kier molecular flexibility index (Phi) is 5.59. The number of carbonyl (C=O) groups is 1. The smallest absolute Gasteiger partial charge is 0.257 e. The van der Waals surface area contributed by atoms with Gasteiger partial charge in [-0.05, 0) is 50.5 Å². The van der Waals surface area contributed by atoms with Crippen LogP contribution in [0.1, 0.15) is 17.5 Å². The van der Waals surface area contributed by atoms with E-state index in [2.05, 4.69) is 41.4 Å². The predicted octanol–water partition coefficient (Wildman–Crippen LogP) is 3.32. The van der Waals surface area contributed by atoms with Crippen LogP contribution in [-0.2, 0) is 4.79 Å². The molecule has 132 valence electrons.